The monoisotopic (exact) mass is 476 g/mol. The highest BCUT2D eigenvalue weighted by atomic mass is 16.5. The topological polar surface area (TPSA) is 96.4 Å². The van der Waals surface area contributed by atoms with Gasteiger partial charge >= 0.3 is 0 Å². The summed E-state index contributed by atoms with van der Waals surface area (Å²) in [6.45, 7) is 6.40. The quantitative estimate of drug-likeness (QED) is 0.258. The molecule has 0 bridgehead atoms. The Labute approximate surface area is 204 Å². The molecule has 2 amide bonds. The Balaban J connectivity index is 1.96. The van der Waals surface area contributed by atoms with Gasteiger partial charge in [-0.3, -0.25) is 14.4 Å². The molecule has 1 fully saturated rings. The van der Waals surface area contributed by atoms with Gasteiger partial charge in [0.15, 0.2) is 5.54 Å². The zero-order valence-corrected chi connectivity index (χ0v) is 19.8. The van der Waals surface area contributed by atoms with Crippen molar-refractivity contribution in [2.24, 2.45) is 0 Å². The van der Waals surface area contributed by atoms with E-state index in [1.807, 2.05) is 6.92 Å². The molecule has 2 heterocycles. The number of aliphatic hydroxyl groups is 1. The number of nitrogens with zero attached hydrogens (tertiary/aromatic N) is 2. The van der Waals surface area contributed by atoms with E-state index in [-0.39, 0.29) is 18.7 Å². The summed E-state index contributed by atoms with van der Waals surface area (Å²) in [4.78, 5) is 43.7. The van der Waals surface area contributed by atoms with E-state index in [9.17, 15) is 19.5 Å². The van der Waals surface area contributed by atoms with Crippen LogP contribution in [0.25, 0.3) is 5.76 Å². The summed E-state index contributed by atoms with van der Waals surface area (Å²) in [5.74, 6) is -2.07. The second-order valence-electron chi connectivity index (χ2n) is 8.31. The summed E-state index contributed by atoms with van der Waals surface area (Å²) in [5.41, 5.74) is -0.627. The third-order valence-corrected chi connectivity index (χ3v) is 6.27. The van der Waals surface area contributed by atoms with Crippen molar-refractivity contribution in [2.45, 2.75) is 18.9 Å². The van der Waals surface area contributed by atoms with E-state index in [2.05, 4.69) is 6.58 Å². The maximum Gasteiger partial charge on any atom is 0.296 e. The molecule has 2 aliphatic heterocycles. The van der Waals surface area contributed by atoms with Crippen LogP contribution in [-0.4, -0.2) is 61.0 Å². The maximum absolute atomic E-state index is 14.1. The van der Waals surface area contributed by atoms with E-state index in [4.69, 9.17) is 9.47 Å². The maximum atomic E-state index is 14.1. The molecule has 8 nitrogen and oxygen atoms in total. The Morgan fingerprint density at radius 2 is 1.80 bits per heavy atom. The van der Waals surface area contributed by atoms with Crippen LogP contribution in [0.1, 0.15) is 24.5 Å². The number of hydrogen-bond donors (Lipinski definition) is 1. The van der Waals surface area contributed by atoms with Crippen molar-refractivity contribution in [3.8, 4) is 5.75 Å². The molecule has 1 N–H and O–H groups in total. The zero-order chi connectivity index (χ0) is 25.2. The summed E-state index contributed by atoms with van der Waals surface area (Å²) in [6, 6.07) is 13.5. The van der Waals surface area contributed by atoms with Crippen molar-refractivity contribution in [2.75, 3.05) is 38.3 Å². The van der Waals surface area contributed by atoms with Crippen molar-refractivity contribution in [3.63, 3.8) is 0 Å². The van der Waals surface area contributed by atoms with Crippen molar-refractivity contribution < 1.29 is 29.0 Å². The Morgan fingerprint density at radius 3 is 2.46 bits per heavy atom. The number of Topliss-reactive ketones (excluding diaryl/α,β-unsaturated/α-hetero) is 1. The molecule has 1 saturated heterocycles. The van der Waals surface area contributed by atoms with E-state index in [1.54, 1.807) is 59.5 Å². The number of benzene rings is 2. The SMILES string of the molecule is C=CCOc1ccc(C(O)=C2C(=O)C(=O)N(CCOC)[C@@]23C(=O)N(CCC)c2ccccc23)cc1. The predicted molar refractivity (Wildman–Crippen MR) is 131 cm³/mol. The lowest BCUT2D eigenvalue weighted by molar-refractivity contribution is -0.144. The standard InChI is InChI=1S/C27H28N2O6/c1-4-14-28-21-9-7-6-8-20(21)27(26(28)33)22(24(31)25(32)29(27)15-17-34-3)23(30)18-10-12-19(13-11-18)35-16-5-2/h5-13,30H,2,4,14-17H2,1,3H3/t27-/m1/s1. The summed E-state index contributed by atoms with van der Waals surface area (Å²) in [6.07, 6.45) is 2.28. The number of para-hydroxylation sites is 1. The molecule has 2 aromatic carbocycles. The summed E-state index contributed by atoms with van der Waals surface area (Å²) in [5, 5.41) is 11.4. The number of hydrogen-bond acceptors (Lipinski definition) is 6. The molecule has 1 spiro atoms. The highest BCUT2D eigenvalue weighted by Gasteiger charge is 2.66. The molecule has 182 valence electrons. The van der Waals surface area contributed by atoms with Crippen LogP contribution in [0.4, 0.5) is 5.69 Å². The van der Waals surface area contributed by atoms with Crippen LogP contribution in [0.3, 0.4) is 0 Å². The van der Waals surface area contributed by atoms with E-state index in [0.29, 0.717) is 42.1 Å². The van der Waals surface area contributed by atoms with Gasteiger partial charge in [-0.1, -0.05) is 37.8 Å². The smallest absolute Gasteiger partial charge is 0.296 e. The van der Waals surface area contributed by atoms with Gasteiger partial charge in [-0.25, -0.2) is 0 Å². The van der Waals surface area contributed by atoms with Crippen LogP contribution in [0.15, 0.2) is 66.8 Å². The number of carbonyl (C=O) groups excluding carboxylic acids is 3. The Hall–Kier alpha value is -3.91. The van der Waals surface area contributed by atoms with Crippen molar-refractivity contribution in [1.29, 1.82) is 0 Å². The van der Waals surface area contributed by atoms with E-state index >= 15 is 0 Å². The minimum Gasteiger partial charge on any atom is -0.507 e. The lowest BCUT2D eigenvalue weighted by atomic mass is 9.82. The first-order valence-electron chi connectivity index (χ1n) is 11.5. The first-order valence-corrected chi connectivity index (χ1v) is 11.5. The number of aliphatic hydroxyl groups excluding tert-OH is 1. The number of ketones is 1. The third kappa shape index (κ3) is 3.70. The molecule has 1 atom stereocenters. The van der Waals surface area contributed by atoms with E-state index in [1.165, 1.54) is 12.0 Å². The molecular weight excluding hydrogens is 448 g/mol. The van der Waals surface area contributed by atoms with Gasteiger partial charge < -0.3 is 24.4 Å². The van der Waals surface area contributed by atoms with Crippen LogP contribution in [0, 0.1) is 0 Å². The molecule has 8 heteroatoms. The number of carbonyl (C=O) groups is 3. The number of amides is 2. The lowest BCUT2D eigenvalue weighted by Crippen LogP contribution is -2.52. The molecule has 2 aliphatic rings. The Kier molecular flexibility index (Phi) is 6.75. The third-order valence-electron chi connectivity index (χ3n) is 6.27. The van der Waals surface area contributed by atoms with E-state index < -0.39 is 28.9 Å². The van der Waals surface area contributed by atoms with Gasteiger partial charge in [-0.15, -0.1) is 0 Å². The Morgan fingerprint density at radius 1 is 1.09 bits per heavy atom. The van der Waals surface area contributed by atoms with Gasteiger partial charge in [0.1, 0.15) is 18.1 Å². The fourth-order valence-electron chi connectivity index (χ4n) is 4.80. The van der Waals surface area contributed by atoms with Gasteiger partial charge in [0.2, 0.25) is 0 Å². The van der Waals surface area contributed by atoms with Crippen LogP contribution in [0.2, 0.25) is 0 Å². The minimum atomic E-state index is -1.78. The molecule has 4 rings (SSSR count). The molecule has 0 aliphatic carbocycles. The Bertz CT molecular complexity index is 1200. The summed E-state index contributed by atoms with van der Waals surface area (Å²) >= 11 is 0. The molecule has 0 radical (unpaired) electrons. The van der Waals surface area contributed by atoms with E-state index in [0.717, 1.165) is 0 Å². The van der Waals surface area contributed by atoms with Gasteiger partial charge in [0.25, 0.3) is 17.6 Å². The van der Waals surface area contributed by atoms with Gasteiger partial charge in [-0.2, -0.15) is 0 Å². The highest BCUT2D eigenvalue weighted by Crippen LogP contribution is 2.53. The van der Waals surface area contributed by atoms with Gasteiger partial charge in [-0.05, 0) is 36.8 Å². The summed E-state index contributed by atoms with van der Waals surface area (Å²) < 4.78 is 10.7. The second kappa shape index (κ2) is 9.76. The molecule has 0 unspecified atom stereocenters. The molecule has 35 heavy (non-hydrogen) atoms. The second-order valence-corrected chi connectivity index (χ2v) is 8.31. The molecular formula is C27H28N2O6. The molecule has 2 aromatic rings. The number of likely N-dealkylation sites (tertiary alicyclic amines) is 1. The average Bonchev–Trinajstić information content (AvgIpc) is 3.25. The number of fused-ring (bicyclic) bond motifs is 2. The van der Waals surface area contributed by atoms with Crippen molar-refractivity contribution >= 4 is 29.0 Å². The normalized spacial score (nSPS) is 20.6. The highest BCUT2D eigenvalue weighted by molar-refractivity contribution is 6.50. The van der Waals surface area contributed by atoms with Crippen LogP contribution >= 0.6 is 0 Å². The minimum absolute atomic E-state index is 0.00617. The number of rotatable bonds is 9. The number of anilines is 1. The van der Waals surface area contributed by atoms with Gasteiger partial charge in [0.05, 0.1) is 17.9 Å². The van der Waals surface area contributed by atoms with Crippen LogP contribution in [0.5, 0.6) is 5.75 Å². The molecule has 0 aromatic heterocycles. The zero-order valence-electron chi connectivity index (χ0n) is 19.8. The number of ether oxygens (including phenoxy) is 2. The fourth-order valence-corrected chi connectivity index (χ4v) is 4.80. The first kappa shape index (κ1) is 24.2. The average molecular weight is 477 g/mol. The predicted octanol–water partition coefficient (Wildman–Crippen LogP) is 3.23. The first-order chi connectivity index (χ1) is 16.9. The number of methoxy groups -OCH3 is 1. The fraction of sp³-hybridized carbons (Fsp3) is 0.296. The van der Waals surface area contributed by atoms with Crippen LogP contribution < -0.4 is 9.64 Å². The van der Waals surface area contributed by atoms with Crippen molar-refractivity contribution in [3.05, 3.63) is 77.9 Å². The largest absolute Gasteiger partial charge is 0.507 e. The van der Waals surface area contributed by atoms with Gasteiger partial charge in [0, 0.05) is 31.3 Å². The lowest BCUT2D eigenvalue weighted by Gasteiger charge is -2.34. The molecule has 0 saturated carbocycles. The van der Waals surface area contributed by atoms with Crippen LogP contribution in [-0.2, 0) is 24.7 Å². The summed E-state index contributed by atoms with van der Waals surface area (Å²) in [7, 11) is 1.48. The van der Waals surface area contributed by atoms with Crippen molar-refractivity contribution in [1.82, 2.24) is 4.90 Å².